The zero-order chi connectivity index (χ0) is 18.4. The molecule has 1 amide bonds. The van der Waals surface area contributed by atoms with E-state index >= 15 is 0 Å². The van der Waals surface area contributed by atoms with Gasteiger partial charge in [-0.15, -0.1) is 11.8 Å². The van der Waals surface area contributed by atoms with Crippen molar-refractivity contribution < 1.29 is 27.5 Å². The monoisotopic (exact) mass is 369 g/mol. The molecule has 2 aromatic rings. The molecule has 0 bridgehead atoms. The molecule has 0 spiro atoms. The third-order valence-corrected chi connectivity index (χ3v) is 4.07. The van der Waals surface area contributed by atoms with E-state index in [1.54, 1.807) is 6.07 Å². The maximum absolute atomic E-state index is 13.5. The van der Waals surface area contributed by atoms with E-state index in [2.05, 4.69) is 5.32 Å². The molecule has 25 heavy (non-hydrogen) atoms. The van der Waals surface area contributed by atoms with E-state index in [4.69, 9.17) is 4.74 Å². The number of anilines is 1. The molecule has 0 fully saturated rings. The van der Waals surface area contributed by atoms with Crippen molar-refractivity contribution in [3.05, 3.63) is 59.9 Å². The summed E-state index contributed by atoms with van der Waals surface area (Å²) in [6.45, 7) is 1.29. The zero-order valence-corrected chi connectivity index (χ0v) is 13.9. The summed E-state index contributed by atoms with van der Waals surface area (Å²) in [5.74, 6) is -3.75. The van der Waals surface area contributed by atoms with E-state index in [0.717, 1.165) is 30.0 Å². The molecule has 0 heterocycles. The first-order valence-electron chi connectivity index (χ1n) is 7.19. The van der Waals surface area contributed by atoms with Crippen LogP contribution in [0.2, 0.25) is 0 Å². The van der Waals surface area contributed by atoms with Gasteiger partial charge in [-0.25, -0.2) is 13.2 Å². The Balaban J connectivity index is 1.87. The van der Waals surface area contributed by atoms with Gasteiger partial charge in [0.25, 0.3) is 5.91 Å². The second-order valence-electron chi connectivity index (χ2n) is 4.96. The van der Waals surface area contributed by atoms with Gasteiger partial charge < -0.3 is 10.1 Å². The molecule has 4 nitrogen and oxygen atoms in total. The number of hydrogen-bond donors (Lipinski definition) is 1. The summed E-state index contributed by atoms with van der Waals surface area (Å²) in [7, 11) is 0. The second kappa shape index (κ2) is 8.57. The van der Waals surface area contributed by atoms with Gasteiger partial charge in [0.1, 0.15) is 17.5 Å². The Morgan fingerprint density at radius 3 is 2.56 bits per heavy atom. The number of benzene rings is 2. The fourth-order valence-corrected chi connectivity index (χ4v) is 2.53. The maximum atomic E-state index is 13.5. The molecule has 1 N–H and O–H groups in total. The number of carbonyl (C=O) groups is 2. The summed E-state index contributed by atoms with van der Waals surface area (Å²) in [5, 5.41) is 2.14. The number of nitrogens with one attached hydrogen (secondary N) is 1. The minimum absolute atomic E-state index is 0.202. The summed E-state index contributed by atoms with van der Waals surface area (Å²) in [6, 6.07) is 8.51. The molecule has 0 radical (unpaired) electrons. The molecule has 0 aliphatic carbocycles. The molecular formula is C17H14F3NO3S. The Hall–Kier alpha value is -2.48. The molecule has 2 aromatic carbocycles. The average molecular weight is 369 g/mol. The third kappa shape index (κ3) is 5.53. The molecule has 132 valence electrons. The van der Waals surface area contributed by atoms with Crippen molar-refractivity contribution in [1.29, 1.82) is 0 Å². The van der Waals surface area contributed by atoms with Crippen LogP contribution in [0.4, 0.5) is 18.9 Å². The highest BCUT2D eigenvalue weighted by molar-refractivity contribution is 8.00. The van der Waals surface area contributed by atoms with Crippen LogP contribution in [0.25, 0.3) is 0 Å². The Morgan fingerprint density at radius 1 is 1.12 bits per heavy atom. The van der Waals surface area contributed by atoms with E-state index in [-0.39, 0.29) is 16.3 Å². The van der Waals surface area contributed by atoms with Crippen molar-refractivity contribution in [1.82, 2.24) is 0 Å². The van der Waals surface area contributed by atoms with Crippen LogP contribution < -0.4 is 5.32 Å². The van der Waals surface area contributed by atoms with Gasteiger partial charge in [0.2, 0.25) is 0 Å². The van der Waals surface area contributed by atoms with E-state index in [9.17, 15) is 22.8 Å². The van der Waals surface area contributed by atoms with Crippen LogP contribution in [0.1, 0.15) is 6.92 Å². The number of amides is 1. The molecule has 0 aromatic heterocycles. The number of rotatable bonds is 6. The van der Waals surface area contributed by atoms with E-state index < -0.39 is 35.4 Å². The van der Waals surface area contributed by atoms with E-state index in [0.29, 0.717) is 0 Å². The number of carbonyl (C=O) groups excluding carboxylic acids is 2. The topological polar surface area (TPSA) is 55.4 Å². The van der Waals surface area contributed by atoms with Crippen molar-refractivity contribution in [2.24, 2.45) is 0 Å². The van der Waals surface area contributed by atoms with Gasteiger partial charge in [-0.1, -0.05) is 12.1 Å². The summed E-state index contributed by atoms with van der Waals surface area (Å²) in [4.78, 5) is 23.9. The molecule has 0 saturated carbocycles. The van der Waals surface area contributed by atoms with Crippen molar-refractivity contribution >= 4 is 29.3 Å². The van der Waals surface area contributed by atoms with Crippen molar-refractivity contribution in [2.75, 3.05) is 11.1 Å². The lowest BCUT2D eigenvalue weighted by Gasteiger charge is -2.14. The molecule has 2 rings (SSSR count). The van der Waals surface area contributed by atoms with Crippen molar-refractivity contribution in [2.45, 2.75) is 17.9 Å². The predicted molar refractivity (Wildman–Crippen MR) is 87.7 cm³/mol. The molecule has 8 heteroatoms. The smallest absolute Gasteiger partial charge is 0.317 e. The molecular weight excluding hydrogens is 355 g/mol. The first-order valence-corrected chi connectivity index (χ1v) is 8.18. The normalized spacial score (nSPS) is 11.7. The van der Waals surface area contributed by atoms with Crippen LogP contribution in [0.15, 0.2) is 47.4 Å². The van der Waals surface area contributed by atoms with Crippen molar-refractivity contribution in [3.8, 4) is 0 Å². The van der Waals surface area contributed by atoms with Crippen LogP contribution in [0.5, 0.6) is 0 Å². The van der Waals surface area contributed by atoms with Crippen LogP contribution in [-0.4, -0.2) is 23.7 Å². The Morgan fingerprint density at radius 2 is 1.84 bits per heavy atom. The number of esters is 1. The molecule has 0 saturated heterocycles. The summed E-state index contributed by atoms with van der Waals surface area (Å²) < 4.78 is 44.9. The van der Waals surface area contributed by atoms with Crippen LogP contribution in [0.3, 0.4) is 0 Å². The van der Waals surface area contributed by atoms with Gasteiger partial charge in [0.05, 0.1) is 11.4 Å². The lowest BCUT2D eigenvalue weighted by atomic mass is 10.2. The highest BCUT2D eigenvalue weighted by Gasteiger charge is 2.19. The highest BCUT2D eigenvalue weighted by atomic mass is 32.2. The number of hydrogen-bond acceptors (Lipinski definition) is 4. The van der Waals surface area contributed by atoms with Gasteiger partial charge in [-0.2, -0.15) is 0 Å². The Labute approximate surface area is 146 Å². The second-order valence-corrected chi connectivity index (χ2v) is 5.98. The summed E-state index contributed by atoms with van der Waals surface area (Å²) in [5.41, 5.74) is -0.353. The SMILES string of the molecule is C[C@H](OC(=O)CSc1ccccc1F)C(=O)Nc1cc(F)ccc1F. The van der Waals surface area contributed by atoms with E-state index in [1.807, 2.05) is 0 Å². The molecule has 0 unspecified atom stereocenters. The van der Waals surface area contributed by atoms with Gasteiger partial charge in [0.15, 0.2) is 6.10 Å². The minimum Gasteiger partial charge on any atom is -0.452 e. The van der Waals surface area contributed by atoms with Crippen LogP contribution in [-0.2, 0) is 14.3 Å². The zero-order valence-electron chi connectivity index (χ0n) is 13.1. The fourth-order valence-electron chi connectivity index (χ4n) is 1.81. The van der Waals surface area contributed by atoms with Gasteiger partial charge in [0, 0.05) is 11.0 Å². The summed E-state index contributed by atoms with van der Waals surface area (Å²) >= 11 is 0.926. The maximum Gasteiger partial charge on any atom is 0.317 e. The molecule has 0 aliphatic rings. The quantitative estimate of drug-likeness (QED) is 0.622. The van der Waals surface area contributed by atoms with Gasteiger partial charge in [-0.05, 0) is 31.2 Å². The van der Waals surface area contributed by atoms with Gasteiger partial charge in [-0.3, -0.25) is 9.59 Å². The van der Waals surface area contributed by atoms with Gasteiger partial charge >= 0.3 is 5.97 Å². The lowest BCUT2D eigenvalue weighted by molar-refractivity contribution is -0.150. The Kier molecular flexibility index (Phi) is 6.46. The van der Waals surface area contributed by atoms with Crippen LogP contribution in [0, 0.1) is 17.5 Å². The largest absolute Gasteiger partial charge is 0.452 e. The highest BCUT2D eigenvalue weighted by Crippen LogP contribution is 2.21. The summed E-state index contributed by atoms with van der Waals surface area (Å²) in [6.07, 6.45) is -1.23. The lowest BCUT2D eigenvalue weighted by Crippen LogP contribution is -2.30. The number of ether oxygens (including phenoxy) is 1. The van der Waals surface area contributed by atoms with Crippen LogP contribution >= 0.6 is 11.8 Å². The predicted octanol–water partition coefficient (Wildman–Crippen LogP) is 3.77. The average Bonchev–Trinajstić information content (AvgIpc) is 2.57. The number of thioether (sulfide) groups is 1. The first-order chi connectivity index (χ1) is 11.9. The minimum atomic E-state index is -1.23. The third-order valence-electron chi connectivity index (χ3n) is 3.05. The number of halogens is 3. The first kappa shape index (κ1) is 18.9. The standard InChI is InChI=1S/C17H14F3NO3S/c1-10(17(23)21-14-8-11(18)6-7-12(14)19)24-16(22)9-25-15-5-3-2-4-13(15)20/h2-8,10H,9H2,1H3,(H,21,23)/t10-/m0/s1. The fraction of sp³-hybridized carbons (Fsp3) is 0.176. The molecule has 0 aliphatic heterocycles. The molecule has 1 atom stereocenters. The van der Waals surface area contributed by atoms with E-state index in [1.165, 1.54) is 25.1 Å². The van der Waals surface area contributed by atoms with Crippen molar-refractivity contribution in [3.63, 3.8) is 0 Å². The Bertz CT molecular complexity index is 785.